The molecule has 21 heavy (non-hydrogen) atoms. The molecule has 0 aliphatic heterocycles. The molecular weight excluding hydrogens is 298 g/mol. The largest absolute Gasteiger partial charge is 0.298 e. The van der Waals surface area contributed by atoms with Gasteiger partial charge in [0, 0.05) is 6.42 Å². The molecule has 2 aromatic rings. The number of Topliss-reactive ketones (excluding diaryl/α,β-unsaturated/α-hetero) is 1. The van der Waals surface area contributed by atoms with Crippen LogP contribution in [0.1, 0.15) is 5.56 Å². The summed E-state index contributed by atoms with van der Waals surface area (Å²) in [5.74, 6) is -2.15. The fourth-order valence-electron chi connectivity index (χ4n) is 1.82. The van der Waals surface area contributed by atoms with Crippen LogP contribution in [-0.4, -0.2) is 20.0 Å². The maximum atomic E-state index is 12.8. The van der Waals surface area contributed by atoms with Crippen molar-refractivity contribution in [2.75, 3.05) is 5.75 Å². The van der Waals surface area contributed by atoms with Crippen LogP contribution >= 0.6 is 0 Å². The second-order valence-corrected chi connectivity index (χ2v) is 6.54. The molecule has 0 saturated heterocycles. The molecule has 0 fully saturated rings. The van der Waals surface area contributed by atoms with E-state index in [-0.39, 0.29) is 11.3 Å². The van der Waals surface area contributed by atoms with Crippen LogP contribution in [-0.2, 0) is 21.1 Å². The Morgan fingerprint density at radius 3 is 1.86 bits per heavy atom. The van der Waals surface area contributed by atoms with Gasteiger partial charge in [-0.2, -0.15) is 0 Å². The highest BCUT2D eigenvalue weighted by molar-refractivity contribution is 7.92. The van der Waals surface area contributed by atoms with E-state index in [0.29, 0.717) is 5.56 Å². The molecule has 3 nitrogen and oxygen atoms in total. The summed E-state index contributed by atoms with van der Waals surface area (Å²) >= 11 is 0. The van der Waals surface area contributed by atoms with Crippen molar-refractivity contribution in [2.45, 2.75) is 11.3 Å². The highest BCUT2D eigenvalue weighted by Gasteiger charge is 2.19. The molecule has 0 atom stereocenters. The zero-order chi connectivity index (χ0) is 15.5. The molecule has 0 N–H and O–H groups in total. The van der Waals surface area contributed by atoms with Gasteiger partial charge in [-0.25, -0.2) is 17.2 Å². The summed E-state index contributed by atoms with van der Waals surface area (Å²) < 4.78 is 49.5. The first-order chi connectivity index (χ1) is 9.87. The normalized spacial score (nSPS) is 11.3. The quantitative estimate of drug-likeness (QED) is 0.798. The van der Waals surface area contributed by atoms with E-state index in [1.807, 2.05) is 0 Å². The average Bonchev–Trinajstić information content (AvgIpc) is 2.41. The van der Waals surface area contributed by atoms with Gasteiger partial charge in [0.05, 0.1) is 4.90 Å². The first kappa shape index (κ1) is 15.3. The highest BCUT2D eigenvalue weighted by atomic mass is 32.2. The molecule has 110 valence electrons. The third-order valence-corrected chi connectivity index (χ3v) is 4.53. The third-order valence-electron chi connectivity index (χ3n) is 2.84. The van der Waals surface area contributed by atoms with Gasteiger partial charge < -0.3 is 0 Å². The van der Waals surface area contributed by atoms with Crippen LogP contribution in [0, 0.1) is 11.6 Å². The Morgan fingerprint density at radius 1 is 0.857 bits per heavy atom. The number of halogens is 2. The van der Waals surface area contributed by atoms with Crippen molar-refractivity contribution in [2.24, 2.45) is 0 Å². The lowest BCUT2D eigenvalue weighted by atomic mass is 10.1. The van der Waals surface area contributed by atoms with E-state index >= 15 is 0 Å². The lowest BCUT2D eigenvalue weighted by molar-refractivity contribution is -0.116. The number of carbonyl (C=O) groups excluding carboxylic acids is 1. The van der Waals surface area contributed by atoms with E-state index in [1.165, 1.54) is 24.3 Å². The number of ketones is 1. The molecule has 0 saturated carbocycles. The van der Waals surface area contributed by atoms with Crippen LogP contribution in [0.15, 0.2) is 53.4 Å². The van der Waals surface area contributed by atoms with Gasteiger partial charge in [-0.3, -0.25) is 4.79 Å². The molecule has 0 aliphatic rings. The Labute approximate surface area is 121 Å². The van der Waals surface area contributed by atoms with Crippen LogP contribution in [0.3, 0.4) is 0 Å². The summed E-state index contributed by atoms with van der Waals surface area (Å²) in [7, 11) is -3.79. The molecule has 6 heteroatoms. The lowest BCUT2D eigenvalue weighted by Gasteiger charge is -2.04. The third kappa shape index (κ3) is 4.19. The minimum atomic E-state index is -3.79. The monoisotopic (exact) mass is 310 g/mol. The molecule has 0 unspecified atom stereocenters. The number of hydrogen-bond acceptors (Lipinski definition) is 3. The van der Waals surface area contributed by atoms with Crippen molar-refractivity contribution in [3.8, 4) is 0 Å². The molecule has 0 heterocycles. The van der Waals surface area contributed by atoms with Crippen molar-refractivity contribution in [1.82, 2.24) is 0 Å². The highest BCUT2D eigenvalue weighted by Crippen LogP contribution is 2.13. The van der Waals surface area contributed by atoms with Crippen molar-refractivity contribution in [1.29, 1.82) is 0 Å². The Balaban J connectivity index is 2.07. The minimum absolute atomic E-state index is 0.0965. The number of benzene rings is 2. The van der Waals surface area contributed by atoms with Crippen molar-refractivity contribution in [3.63, 3.8) is 0 Å². The summed E-state index contributed by atoms with van der Waals surface area (Å²) in [6.07, 6.45) is -0.0965. The maximum Gasteiger partial charge on any atom is 0.185 e. The second kappa shape index (κ2) is 6.13. The second-order valence-electron chi connectivity index (χ2n) is 4.55. The number of carbonyl (C=O) groups is 1. The number of hydrogen-bond donors (Lipinski definition) is 0. The van der Waals surface area contributed by atoms with Crippen molar-refractivity contribution < 1.29 is 22.0 Å². The molecular formula is C15H12F2O3S. The minimum Gasteiger partial charge on any atom is -0.298 e. The van der Waals surface area contributed by atoms with E-state index in [1.54, 1.807) is 0 Å². The van der Waals surface area contributed by atoms with Gasteiger partial charge in [-0.1, -0.05) is 12.1 Å². The Kier molecular flexibility index (Phi) is 4.47. The first-order valence-corrected chi connectivity index (χ1v) is 7.76. The SMILES string of the molecule is O=C(Cc1ccc(F)cc1)CS(=O)(=O)c1ccc(F)cc1. The number of sulfone groups is 1. The Hall–Kier alpha value is -2.08. The van der Waals surface area contributed by atoms with Crippen molar-refractivity contribution >= 4 is 15.6 Å². The predicted molar refractivity (Wildman–Crippen MR) is 73.6 cm³/mol. The van der Waals surface area contributed by atoms with Crippen LogP contribution in [0.25, 0.3) is 0 Å². The fraction of sp³-hybridized carbons (Fsp3) is 0.133. The lowest BCUT2D eigenvalue weighted by Crippen LogP contribution is -2.18. The van der Waals surface area contributed by atoms with Crippen LogP contribution in [0.2, 0.25) is 0 Å². The van der Waals surface area contributed by atoms with E-state index < -0.39 is 33.0 Å². The van der Waals surface area contributed by atoms with Gasteiger partial charge in [-0.05, 0) is 42.0 Å². The van der Waals surface area contributed by atoms with Gasteiger partial charge in [-0.15, -0.1) is 0 Å². The van der Waals surface area contributed by atoms with Gasteiger partial charge in [0.2, 0.25) is 0 Å². The molecule has 2 aromatic carbocycles. The molecule has 0 aliphatic carbocycles. The standard InChI is InChI=1S/C15H12F2O3S/c16-12-3-1-11(2-4-12)9-14(18)10-21(19,20)15-7-5-13(17)6-8-15/h1-8H,9-10H2. The molecule has 0 amide bonds. The fourth-order valence-corrected chi connectivity index (χ4v) is 3.06. The van der Waals surface area contributed by atoms with Crippen molar-refractivity contribution in [3.05, 3.63) is 65.7 Å². The molecule has 2 rings (SSSR count). The maximum absolute atomic E-state index is 12.8. The van der Waals surface area contributed by atoms with E-state index in [2.05, 4.69) is 0 Å². The molecule has 0 aromatic heterocycles. The molecule has 0 spiro atoms. The van der Waals surface area contributed by atoms with E-state index in [0.717, 1.165) is 24.3 Å². The summed E-state index contributed by atoms with van der Waals surface area (Å²) in [4.78, 5) is 11.7. The van der Waals surface area contributed by atoms with E-state index in [4.69, 9.17) is 0 Å². The smallest absolute Gasteiger partial charge is 0.185 e. The zero-order valence-corrected chi connectivity index (χ0v) is 11.7. The van der Waals surface area contributed by atoms with Crippen LogP contribution in [0.4, 0.5) is 8.78 Å². The van der Waals surface area contributed by atoms with E-state index in [9.17, 15) is 22.0 Å². The summed E-state index contributed by atoms with van der Waals surface area (Å²) in [6.45, 7) is 0. The topological polar surface area (TPSA) is 51.2 Å². The van der Waals surface area contributed by atoms with Gasteiger partial charge in [0.1, 0.15) is 17.4 Å². The molecule has 0 radical (unpaired) electrons. The first-order valence-electron chi connectivity index (χ1n) is 6.11. The summed E-state index contributed by atoms with van der Waals surface area (Å²) in [6, 6.07) is 9.56. The summed E-state index contributed by atoms with van der Waals surface area (Å²) in [5.41, 5.74) is 0.538. The average molecular weight is 310 g/mol. The van der Waals surface area contributed by atoms with Gasteiger partial charge in [0.25, 0.3) is 0 Å². The van der Waals surface area contributed by atoms with Crippen LogP contribution < -0.4 is 0 Å². The number of rotatable bonds is 5. The Bertz CT molecular complexity index is 735. The van der Waals surface area contributed by atoms with Gasteiger partial charge >= 0.3 is 0 Å². The summed E-state index contributed by atoms with van der Waals surface area (Å²) in [5, 5.41) is 0. The Morgan fingerprint density at radius 2 is 1.33 bits per heavy atom. The predicted octanol–water partition coefficient (Wildman–Crippen LogP) is 2.55. The zero-order valence-electron chi connectivity index (χ0n) is 10.9. The molecule has 0 bridgehead atoms. The van der Waals surface area contributed by atoms with Crippen LogP contribution in [0.5, 0.6) is 0 Å². The van der Waals surface area contributed by atoms with Gasteiger partial charge in [0.15, 0.2) is 15.6 Å².